The number of hydrogen-bond acceptors (Lipinski definition) is 3. The van der Waals surface area contributed by atoms with Gasteiger partial charge in [0.05, 0.1) is 10.6 Å². The van der Waals surface area contributed by atoms with Crippen molar-refractivity contribution in [3.63, 3.8) is 0 Å². The Kier molecular flexibility index (Phi) is 3.77. The van der Waals surface area contributed by atoms with Gasteiger partial charge in [0, 0.05) is 16.5 Å². The quantitative estimate of drug-likeness (QED) is 0.425. The maximum absolute atomic E-state index is 13.8. The van der Waals surface area contributed by atoms with E-state index in [1.807, 2.05) is 36.4 Å². The summed E-state index contributed by atoms with van der Waals surface area (Å²) in [6.07, 6.45) is 0. The highest BCUT2D eigenvalue weighted by atomic mass is 32.1. The van der Waals surface area contributed by atoms with Crippen molar-refractivity contribution in [3.8, 4) is 32.3 Å². The SMILES string of the molecule is Fc1ccccc1-c1ccc(-c2csc(-c3cccs3)n2)cc1. The second-order valence-electron chi connectivity index (χ2n) is 5.07. The van der Waals surface area contributed by atoms with Crippen molar-refractivity contribution in [3.05, 3.63) is 77.2 Å². The molecule has 2 aromatic carbocycles. The molecule has 0 aliphatic carbocycles. The number of thiophene rings is 1. The largest absolute Gasteiger partial charge is 0.235 e. The monoisotopic (exact) mass is 337 g/mol. The predicted molar refractivity (Wildman–Crippen MR) is 96.3 cm³/mol. The van der Waals surface area contributed by atoms with Crippen LogP contribution in [0, 0.1) is 5.82 Å². The Morgan fingerprint density at radius 1 is 0.783 bits per heavy atom. The molecule has 0 unspecified atom stereocenters. The molecule has 4 rings (SSSR count). The van der Waals surface area contributed by atoms with Gasteiger partial charge >= 0.3 is 0 Å². The van der Waals surface area contributed by atoms with E-state index in [1.165, 1.54) is 10.9 Å². The van der Waals surface area contributed by atoms with E-state index in [9.17, 15) is 4.39 Å². The van der Waals surface area contributed by atoms with Gasteiger partial charge in [-0.25, -0.2) is 9.37 Å². The predicted octanol–water partition coefficient (Wildman–Crippen LogP) is 6.34. The highest BCUT2D eigenvalue weighted by molar-refractivity contribution is 7.20. The Hall–Kier alpha value is -2.30. The number of nitrogens with zero attached hydrogens (tertiary/aromatic N) is 1. The standard InChI is InChI=1S/C19H12FNS2/c20-16-5-2-1-4-15(16)13-7-9-14(10-8-13)17-12-23-19(21-17)18-6-3-11-22-18/h1-12H. The molecule has 0 saturated heterocycles. The Morgan fingerprint density at radius 3 is 2.30 bits per heavy atom. The molecule has 0 amide bonds. The van der Waals surface area contributed by atoms with Gasteiger partial charge in [-0.1, -0.05) is 48.5 Å². The number of rotatable bonds is 3. The van der Waals surface area contributed by atoms with Crippen LogP contribution in [0.1, 0.15) is 0 Å². The zero-order valence-corrected chi connectivity index (χ0v) is 13.7. The molecule has 2 heterocycles. The van der Waals surface area contributed by atoms with Gasteiger partial charge in [0.2, 0.25) is 0 Å². The first-order valence-corrected chi connectivity index (χ1v) is 8.92. The molecule has 4 heteroatoms. The first kappa shape index (κ1) is 14.3. The Balaban J connectivity index is 1.65. The fourth-order valence-corrected chi connectivity index (χ4v) is 4.08. The van der Waals surface area contributed by atoms with E-state index in [0.717, 1.165) is 21.8 Å². The number of benzene rings is 2. The highest BCUT2D eigenvalue weighted by Crippen LogP contribution is 2.32. The van der Waals surface area contributed by atoms with Crippen LogP contribution in [-0.2, 0) is 0 Å². The third-order valence-electron chi connectivity index (χ3n) is 3.60. The molecule has 23 heavy (non-hydrogen) atoms. The normalized spacial score (nSPS) is 10.8. The summed E-state index contributed by atoms with van der Waals surface area (Å²) in [4.78, 5) is 5.88. The fraction of sp³-hybridized carbons (Fsp3) is 0. The number of halogens is 1. The third-order valence-corrected chi connectivity index (χ3v) is 5.48. The average molecular weight is 337 g/mol. The maximum Gasteiger partial charge on any atom is 0.134 e. The van der Waals surface area contributed by atoms with Crippen molar-refractivity contribution < 1.29 is 4.39 Å². The van der Waals surface area contributed by atoms with Crippen LogP contribution < -0.4 is 0 Å². The second kappa shape index (κ2) is 6.07. The topological polar surface area (TPSA) is 12.9 Å². The summed E-state index contributed by atoms with van der Waals surface area (Å²) in [6.45, 7) is 0. The molecule has 0 saturated carbocycles. The molecule has 0 fully saturated rings. The lowest BCUT2D eigenvalue weighted by atomic mass is 10.0. The summed E-state index contributed by atoms with van der Waals surface area (Å²) in [5.74, 6) is -0.200. The molecule has 1 nitrogen and oxygen atoms in total. The van der Waals surface area contributed by atoms with Crippen LogP contribution in [0.3, 0.4) is 0 Å². The van der Waals surface area contributed by atoms with E-state index in [1.54, 1.807) is 34.8 Å². The van der Waals surface area contributed by atoms with Gasteiger partial charge in [-0.2, -0.15) is 0 Å². The highest BCUT2D eigenvalue weighted by Gasteiger charge is 2.08. The zero-order valence-electron chi connectivity index (χ0n) is 12.1. The minimum absolute atomic E-state index is 0.200. The van der Waals surface area contributed by atoms with E-state index >= 15 is 0 Å². The number of thiazole rings is 1. The first-order chi connectivity index (χ1) is 11.3. The molecule has 0 aliphatic rings. The van der Waals surface area contributed by atoms with E-state index < -0.39 is 0 Å². The molecule has 112 valence electrons. The Labute approximate surface area is 141 Å². The van der Waals surface area contributed by atoms with Crippen molar-refractivity contribution >= 4 is 22.7 Å². The summed E-state index contributed by atoms with van der Waals surface area (Å²) in [6, 6.07) is 18.8. The van der Waals surface area contributed by atoms with Crippen molar-refractivity contribution in [1.29, 1.82) is 0 Å². The van der Waals surface area contributed by atoms with Crippen molar-refractivity contribution in [2.45, 2.75) is 0 Å². The van der Waals surface area contributed by atoms with Gasteiger partial charge in [0.25, 0.3) is 0 Å². The first-order valence-electron chi connectivity index (χ1n) is 7.16. The maximum atomic E-state index is 13.8. The molecule has 0 bridgehead atoms. The zero-order chi connectivity index (χ0) is 15.6. The third kappa shape index (κ3) is 2.83. The minimum atomic E-state index is -0.200. The lowest BCUT2D eigenvalue weighted by Gasteiger charge is -2.04. The van der Waals surface area contributed by atoms with Gasteiger partial charge in [0.1, 0.15) is 10.8 Å². The van der Waals surface area contributed by atoms with Crippen molar-refractivity contribution in [2.24, 2.45) is 0 Å². The summed E-state index contributed by atoms with van der Waals surface area (Å²) >= 11 is 3.34. The number of hydrogen-bond donors (Lipinski definition) is 0. The van der Waals surface area contributed by atoms with E-state index in [0.29, 0.717) is 5.56 Å². The van der Waals surface area contributed by atoms with Crippen molar-refractivity contribution in [1.82, 2.24) is 4.98 Å². The van der Waals surface area contributed by atoms with Crippen LogP contribution in [0.5, 0.6) is 0 Å². The summed E-state index contributed by atoms with van der Waals surface area (Å²) < 4.78 is 13.8. The lowest BCUT2D eigenvalue weighted by Crippen LogP contribution is -1.84. The molecule has 0 N–H and O–H groups in total. The van der Waals surface area contributed by atoms with Gasteiger partial charge in [-0.05, 0) is 23.1 Å². The van der Waals surface area contributed by atoms with E-state index in [2.05, 4.69) is 16.8 Å². The van der Waals surface area contributed by atoms with Gasteiger partial charge in [0.15, 0.2) is 0 Å². The number of aromatic nitrogens is 1. The molecule has 0 spiro atoms. The van der Waals surface area contributed by atoms with Crippen LogP contribution in [0.25, 0.3) is 32.3 Å². The lowest BCUT2D eigenvalue weighted by molar-refractivity contribution is 0.631. The summed E-state index contributed by atoms with van der Waals surface area (Å²) in [7, 11) is 0. The van der Waals surface area contributed by atoms with Crippen LogP contribution >= 0.6 is 22.7 Å². The molecule has 0 aliphatic heterocycles. The molecular formula is C19H12FNS2. The van der Waals surface area contributed by atoms with Crippen LogP contribution in [0.4, 0.5) is 4.39 Å². The van der Waals surface area contributed by atoms with Crippen LogP contribution in [0.2, 0.25) is 0 Å². The van der Waals surface area contributed by atoms with Crippen molar-refractivity contribution in [2.75, 3.05) is 0 Å². The van der Waals surface area contributed by atoms with Crippen LogP contribution in [0.15, 0.2) is 71.4 Å². The Morgan fingerprint density at radius 2 is 1.57 bits per heavy atom. The van der Waals surface area contributed by atoms with Gasteiger partial charge in [-0.15, -0.1) is 22.7 Å². The average Bonchev–Trinajstić information content (AvgIpc) is 3.27. The molecule has 4 aromatic rings. The second-order valence-corrected chi connectivity index (χ2v) is 6.88. The van der Waals surface area contributed by atoms with Crippen LogP contribution in [-0.4, -0.2) is 4.98 Å². The molecular weight excluding hydrogens is 325 g/mol. The summed E-state index contributed by atoms with van der Waals surface area (Å²) in [5.41, 5.74) is 3.50. The minimum Gasteiger partial charge on any atom is -0.235 e. The Bertz CT molecular complexity index is 924. The summed E-state index contributed by atoms with van der Waals surface area (Å²) in [5, 5.41) is 5.15. The molecule has 0 radical (unpaired) electrons. The van der Waals surface area contributed by atoms with Gasteiger partial charge < -0.3 is 0 Å². The smallest absolute Gasteiger partial charge is 0.134 e. The van der Waals surface area contributed by atoms with Gasteiger partial charge in [-0.3, -0.25) is 0 Å². The molecule has 0 atom stereocenters. The van der Waals surface area contributed by atoms with E-state index in [4.69, 9.17) is 4.98 Å². The molecule has 2 aromatic heterocycles. The fourth-order valence-electron chi connectivity index (χ4n) is 2.44. The van der Waals surface area contributed by atoms with E-state index in [-0.39, 0.29) is 5.82 Å².